The van der Waals surface area contributed by atoms with Gasteiger partial charge in [-0.3, -0.25) is 9.36 Å². The van der Waals surface area contributed by atoms with Gasteiger partial charge in [0.15, 0.2) is 0 Å². The lowest BCUT2D eigenvalue weighted by atomic mass is 10.1. The van der Waals surface area contributed by atoms with Crippen molar-refractivity contribution in [1.29, 1.82) is 0 Å². The summed E-state index contributed by atoms with van der Waals surface area (Å²) in [6.07, 6.45) is 3.55. The van der Waals surface area contributed by atoms with E-state index in [9.17, 15) is 9.90 Å². The summed E-state index contributed by atoms with van der Waals surface area (Å²) < 4.78 is 2.66. The van der Waals surface area contributed by atoms with E-state index in [1.54, 1.807) is 28.9 Å². The second-order valence-corrected chi connectivity index (χ2v) is 7.65. The molecule has 1 aromatic heterocycles. The van der Waals surface area contributed by atoms with Crippen LogP contribution in [0.15, 0.2) is 77.6 Å². The zero-order valence-corrected chi connectivity index (χ0v) is 17.1. The monoisotopic (exact) mass is 480 g/mol. The maximum atomic E-state index is 13.2. The highest BCUT2D eigenvalue weighted by Crippen LogP contribution is 2.19. The fraction of sp³-hybridized carbons (Fsp3) is 0.0435. The second kappa shape index (κ2) is 7.98. The van der Waals surface area contributed by atoms with Gasteiger partial charge in [-0.2, -0.15) is 0 Å². The van der Waals surface area contributed by atoms with E-state index in [0.29, 0.717) is 28.8 Å². The minimum atomic E-state index is -0.0793. The first-order valence-corrected chi connectivity index (χ1v) is 9.90. The van der Waals surface area contributed by atoms with Crippen molar-refractivity contribution in [1.82, 2.24) is 9.55 Å². The Morgan fingerprint density at radius 3 is 2.50 bits per heavy atom. The minimum absolute atomic E-state index is 0.0793. The summed E-state index contributed by atoms with van der Waals surface area (Å²) in [6.45, 7) is 0.425. The topological polar surface area (TPSA) is 55.1 Å². The second-order valence-electron chi connectivity index (χ2n) is 6.40. The van der Waals surface area contributed by atoms with Crippen molar-refractivity contribution < 1.29 is 5.11 Å². The third kappa shape index (κ3) is 3.84. The molecule has 0 radical (unpaired) electrons. The Morgan fingerprint density at radius 2 is 1.71 bits per heavy atom. The molecule has 4 nitrogen and oxygen atoms in total. The number of hydrogen-bond donors (Lipinski definition) is 1. The van der Waals surface area contributed by atoms with Crippen LogP contribution in [0.4, 0.5) is 0 Å². The maximum absolute atomic E-state index is 13.2. The number of aromatic hydroxyl groups is 1. The highest BCUT2D eigenvalue weighted by atomic mass is 127. The fourth-order valence-corrected chi connectivity index (χ4v) is 3.54. The number of fused-ring (bicyclic) bond motifs is 1. The largest absolute Gasteiger partial charge is 0.507 e. The van der Waals surface area contributed by atoms with Gasteiger partial charge in [0.05, 0.1) is 17.4 Å². The van der Waals surface area contributed by atoms with Gasteiger partial charge in [-0.05, 0) is 64.6 Å². The van der Waals surface area contributed by atoms with Crippen LogP contribution in [0.2, 0.25) is 0 Å². The molecule has 0 aliphatic rings. The molecule has 0 spiro atoms. The van der Waals surface area contributed by atoms with Gasteiger partial charge in [0.2, 0.25) is 0 Å². The third-order valence-corrected chi connectivity index (χ3v) is 5.15. The van der Waals surface area contributed by atoms with Gasteiger partial charge in [0.25, 0.3) is 5.56 Å². The van der Waals surface area contributed by atoms with Crippen LogP contribution in [0.5, 0.6) is 5.75 Å². The highest BCUT2D eigenvalue weighted by Gasteiger charge is 2.10. The molecule has 4 aromatic rings. The molecule has 0 bridgehead atoms. The van der Waals surface area contributed by atoms with E-state index in [1.165, 1.54) is 0 Å². The lowest BCUT2D eigenvalue weighted by Crippen LogP contribution is -2.24. The number of para-hydroxylation sites is 1. The summed E-state index contributed by atoms with van der Waals surface area (Å²) in [7, 11) is 0. The molecule has 0 aliphatic heterocycles. The number of phenolic OH excluding ortho intramolecular Hbond substituents is 1. The molecule has 3 aromatic carbocycles. The van der Waals surface area contributed by atoms with Crippen LogP contribution in [0, 0.1) is 3.57 Å². The van der Waals surface area contributed by atoms with Crippen LogP contribution >= 0.6 is 22.6 Å². The molecule has 1 N–H and O–H groups in total. The van der Waals surface area contributed by atoms with Crippen molar-refractivity contribution in [2.24, 2.45) is 0 Å². The molecule has 0 fully saturated rings. The van der Waals surface area contributed by atoms with Crippen molar-refractivity contribution in [3.63, 3.8) is 0 Å². The average molecular weight is 480 g/mol. The standard InChI is InChI=1S/C23H17IN2O2/c24-18-11-12-20-19(14-18)23(28)26(15-16-6-2-1-3-7-16)22(25-20)13-10-17-8-4-5-9-21(17)27/h1-14,27H,15H2/b13-10+. The van der Waals surface area contributed by atoms with Crippen molar-refractivity contribution in [3.8, 4) is 5.75 Å². The van der Waals surface area contributed by atoms with Gasteiger partial charge in [-0.15, -0.1) is 0 Å². The van der Waals surface area contributed by atoms with Crippen molar-refractivity contribution in [3.05, 3.63) is 104 Å². The van der Waals surface area contributed by atoms with Crippen molar-refractivity contribution in [2.75, 3.05) is 0 Å². The van der Waals surface area contributed by atoms with Crippen LogP contribution in [0.1, 0.15) is 17.0 Å². The molecule has 0 saturated carbocycles. The van der Waals surface area contributed by atoms with E-state index in [2.05, 4.69) is 22.6 Å². The quantitative estimate of drug-likeness (QED) is 0.422. The lowest BCUT2D eigenvalue weighted by molar-refractivity contribution is 0.474. The Labute approximate surface area is 175 Å². The molecule has 0 aliphatic carbocycles. The van der Waals surface area contributed by atoms with Crippen LogP contribution < -0.4 is 5.56 Å². The smallest absolute Gasteiger partial charge is 0.261 e. The summed E-state index contributed by atoms with van der Waals surface area (Å²) >= 11 is 2.20. The number of nitrogens with zero attached hydrogens (tertiary/aromatic N) is 2. The Bertz CT molecular complexity index is 1230. The molecule has 4 rings (SSSR count). The molecule has 0 unspecified atom stereocenters. The molecule has 5 heteroatoms. The number of rotatable bonds is 4. The van der Waals surface area contributed by atoms with Gasteiger partial charge in [0.1, 0.15) is 11.6 Å². The molecule has 0 atom stereocenters. The third-order valence-electron chi connectivity index (χ3n) is 4.48. The first-order chi connectivity index (χ1) is 13.6. The number of halogens is 1. The predicted molar refractivity (Wildman–Crippen MR) is 121 cm³/mol. The summed E-state index contributed by atoms with van der Waals surface area (Å²) in [5.41, 5.74) is 2.27. The molecule has 28 heavy (non-hydrogen) atoms. The zero-order chi connectivity index (χ0) is 19.5. The lowest BCUT2D eigenvalue weighted by Gasteiger charge is -2.12. The number of hydrogen-bond acceptors (Lipinski definition) is 3. The van der Waals surface area contributed by atoms with Crippen molar-refractivity contribution in [2.45, 2.75) is 6.54 Å². The van der Waals surface area contributed by atoms with Crippen LogP contribution in [0.3, 0.4) is 0 Å². The molecule has 1 heterocycles. The molecular weight excluding hydrogens is 463 g/mol. The Hall–Kier alpha value is -2.93. The van der Waals surface area contributed by atoms with Gasteiger partial charge in [-0.25, -0.2) is 4.98 Å². The Morgan fingerprint density at radius 1 is 0.964 bits per heavy atom. The highest BCUT2D eigenvalue weighted by molar-refractivity contribution is 14.1. The van der Waals surface area contributed by atoms with Crippen LogP contribution in [-0.2, 0) is 6.54 Å². The summed E-state index contributed by atoms with van der Waals surface area (Å²) in [5.74, 6) is 0.733. The van der Waals surface area contributed by atoms with Gasteiger partial charge >= 0.3 is 0 Å². The number of aromatic nitrogens is 2. The van der Waals surface area contributed by atoms with E-state index < -0.39 is 0 Å². The normalized spacial score (nSPS) is 11.3. The van der Waals surface area contributed by atoms with Crippen LogP contribution in [-0.4, -0.2) is 14.7 Å². The van der Waals surface area contributed by atoms with Crippen molar-refractivity contribution >= 4 is 45.6 Å². The van der Waals surface area contributed by atoms with Crippen LogP contribution in [0.25, 0.3) is 23.1 Å². The minimum Gasteiger partial charge on any atom is -0.507 e. The number of phenols is 1. The Balaban J connectivity index is 1.88. The van der Waals surface area contributed by atoms with Gasteiger partial charge in [-0.1, -0.05) is 48.5 Å². The molecule has 0 amide bonds. The van der Waals surface area contributed by atoms with E-state index >= 15 is 0 Å². The molecule has 0 saturated heterocycles. The van der Waals surface area contributed by atoms with Gasteiger partial charge in [0, 0.05) is 9.13 Å². The Kier molecular flexibility index (Phi) is 5.25. The van der Waals surface area contributed by atoms with E-state index in [1.807, 2.05) is 60.7 Å². The molecular formula is C23H17IN2O2. The van der Waals surface area contributed by atoms with Gasteiger partial charge < -0.3 is 5.11 Å². The first-order valence-electron chi connectivity index (χ1n) is 8.82. The fourth-order valence-electron chi connectivity index (χ4n) is 3.05. The van der Waals surface area contributed by atoms with E-state index in [4.69, 9.17) is 4.98 Å². The zero-order valence-electron chi connectivity index (χ0n) is 14.9. The number of benzene rings is 3. The summed E-state index contributed by atoms with van der Waals surface area (Å²) in [5, 5.41) is 10.6. The molecule has 138 valence electrons. The predicted octanol–water partition coefficient (Wildman–Crippen LogP) is 4.93. The maximum Gasteiger partial charge on any atom is 0.261 e. The average Bonchev–Trinajstić information content (AvgIpc) is 2.71. The van der Waals surface area contributed by atoms with E-state index in [-0.39, 0.29) is 11.3 Å². The SMILES string of the molecule is O=c1c2cc(I)ccc2nc(/C=C/c2ccccc2O)n1Cc1ccccc1. The summed E-state index contributed by atoms with van der Waals surface area (Å²) in [6, 6.07) is 22.6. The van der Waals surface area contributed by atoms with E-state index in [0.717, 1.165) is 9.13 Å². The summed E-state index contributed by atoms with van der Waals surface area (Å²) in [4.78, 5) is 17.9. The first kappa shape index (κ1) is 18.4.